The van der Waals surface area contributed by atoms with E-state index >= 15 is 0 Å². The first-order valence-corrected chi connectivity index (χ1v) is 4.10. The highest BCUT2D eigenvalue weighted by molar-refractivity contribution is 6.00. The molecule has 1 rings (SSSR count). The van der Waals surface area contributed by atoms with E-state index in [0.29, 0.717) is 5.75 Å². The van der Waals surface area contributed by atoms with Crippen LogP contribution in [-0.2, 0) is 0 Å². The van der Waals surface area contributed by atoms with E-state index in [1.807, 2.05) is 0 Å². The van der Waals surface area contributed by atoms with Crippen molar-refractivity contribution in [3.05, 3.63) is 34.2 Å². The summed E-state index contributed by atoms with van der Waals surface area (Å²) in [4.78, 5) is 13.9. The summed E-state index contributed by atoms with van der Waals surface area (Å²) in [5.74, 6) is -0.157. The van der Waals surface area contributed by atoms with Gasteiger partial charge in [-0.15, -0.1) is 0 Å². The molecule has 0 bridgehead atoms. The van der Waals surface area contributed by atoms with Crippen molar-refractivity contribution in [3.8, 4) is 11.5 Å². The highest BCUT2D eigenvalue weighted by atomic mass is 16.5. The van der Waals surface area contributed by atoms with Crippen molar-refractivity contribution < 1.29 is 14.6 Å². The summed E-state index contributed by atoms with van der Waals surface area (Å²) in [6.45, 7) is -0.322. The molecule has 6 nitrogen and oxygen atoms in total. The lowest BCUT2D eigenvalue weighted by molar-refractivity contribution is 0.0998. The predicted octanol–water partition coefficient (Wildman–Crippen LogP) is 1.89. The maximum absolute atomic E-state index is 11.4. The van der Waals surface area contributed by atoms with Crippen LogP contribution in [0.4, 0.5) is 0 Å². The minimum atomic E-state index is -0.454. The first-order chi connectivity index (χ1) is 7.19. The van der Waals surface area contributed by atoms with Gasteiger partial charge in [-0.05, 0) is 23.7 Å². The second-order valence-corrected chi connectivity index (χ2v) is 2.70. The van der Waals surface area contributed by atoms with E-state index in [1.165, 1.54) is 25.3 Å². The fraction of sp³-hybridized carbons (Fsp3) is 0.222. The number of hydrogen-bond donors (Lipinski definition) is 1. The average molecular weight is 207 g/mol. The van der Waals surface area contributed by atoms with E-state index in [0.717, 1.165) is 0 Å². The molecule has 0 radical (unpaired) electrons. The minimum Gasteiger partial charge on any atom is -0.507 e. The van der Waals surface area contributed by atoms with E-state index in [2.05, 4.69) is 10.0 Å². The lowest BCUT2D eigenvalue weighted by Crippen LogP contribution is -2.03. The average Bonchev–Trinajstić information content (AvgIpc) is 2.26. The van der Waals surface area contributed by atoms with Crippen LogP contribution in [0.25, 0.3) is 10.4 Å². The number of carbonyl (C=O) groups excluding carboxylic acids is 1. The summed E-state index contributed by atoms with van der Waals surface area (Å²) in [5.41, 5.74) is 8.14. The van der Waals surface area contributed by atoms with Crippen molar-refractivity contribution in [3.63, 3.8) is 0 Å². The largest absolute Gasteiger partial charge is 0.507 e. The van der Waals surface area contributed by atoms with Crippen LogP contribution >= 0.6 is 0 Å². The molecular formula is C9H9N3O3. The Hall–Kier alpha value is -2.20. The Kier molecular flexibility index (Phi) is 3.54. The molecule has 0 saturated carbocycles. The molecule has 0 atom stereocenters. The molecular weight excluding hydrogens is 198 g/mol. The van der Waals surface area contributed by atoms with Crippen molar-refractivity contribution in [2.75, 3.05) is 13.7 Å². The van der Waals surface area contributed by atoms with Crippen LogP contribution in [0.15, 0.2) is 23.3 Å². The van der Waals surface area contributed by atoms with Crippen LogP contribution in [0.3, 0.4) is 0 Å². The fourth-order valence-electron chi connectivity index (χ4n) is 1.05. The molecule has 0 heterocycles. The summed E-state index contributed by atoms with van der Waals surface area (Å²) in [6.07, 6.45) is 0. The Balaban J connectivity index is 3.01. The van der Waals surface area contributed by atoms with Crippen LogP contribution < -0.4 is 4.74 Å². The van der Waals surface area contributed by atoms with Gasteiger partial charge in [-0.3, -0.25) is 4.79 Å². The van der Waals surface area contributed by atoms with Crippen molar-refractivity contribution in [1.29, 1.82) is 0 Å². The molecule has 0 spiro atoms. The van der Waals surface area contributed by atoms with Gasteiger partial charge in [0.2, 0.25) is 0 Å². The Morgan fingerprint density at radius 2 is 2.40 bits per heavy atom. The van der Waals surface area contributed by atoms with Crippen molar-refractivity contribution in [2.45, 2.75) is 0 Å². The number of hydrogen-bond acceptors (Lipinski definition) is 4. The molecule has 1 aromatic rings. The maximum Gasteiger partial charge on any atom is 0.172 e. The number of phenols is 1. The van der Waals surface area contributed by atoms with Crippen molar-refractivity contribution in [1.82, 2.24) is 0 Å². The predicted molar refractivity (Wildman–Crippen MR) is 53.0 cm³/mol. The second-order valence-electron chi connectivity index (χ2n) is 2.70. The van der Waals surface area contributed by atoms with Crippen LogP contribution in [0.2, 0.25) is 0 Å². The Labute approximate surface area is 85.7 Å². The monoisotopic (exact) mass is 207 g/mol. The molecule has 0 fully saturated rings. The van der Waals surface area contributed by atoms with Gasteiger partial charge in [-0.25, -0.2) is 0 Å². The number of Topliss-reactive ketones (excluding diaryl/α,β-unsaturated/α-hetero) is 1. The van der Waals surface area contributed by atoms with Crippen LogP contribution in [-0.4, -0.2) is 24.5 Å². The van der Waals surface area contributed by atoms with Crippen LogP contribution in [0.5, 0.6) is 11.5 Å². The van der Waals surface area contributed by atoms with E-state index in [-0.39, 0.29) is 17.9 Å². The lowest BCUT2D eigenvalue weighted by Gasteiger charge is -2.04. The molecule has 1 aromatic carbocycles. The summed E-state index contributed by atoms with van der Waals surface area (Å²) in [7, 11) is 1.45. The SMILES string of the molecule is COc1ccc(O)c(C(=O)CN=[N+]=[N-])c1. The fourth-order valence-corrected chi connectivity index (χ4v) is 1.05. The van der Waals surface area contributed by atoms with E-state index in [4.69, 9.17) is 10.3 Å². The highest BCUT2D eigenvalue weighted by Gasteiger charge is 2.11. The number of carbonyl (C=O) groups is 1. The molecule has 15 heavy (non-hydrogen) atoms. The van der Waals surface area contributed by atoms with Gasteiger partial charge in [0.05, 0.1) is 19.2 Å². The third kappa shape index (κ3) is 2.62. The number of phenolic OH excluding ortho intramolecular Hbond substituents is 1. The smallest absolute Gasteiger partial charge is 0.172 e. The van der Waals surface area contributed by atoms with E-state index < -0.39 is 5.78 Å². The number of ketones is 1. The van der Waals surface area contributed by atoms with Gasteiger partial charge in [-0.2, -0.15) is 0 Å². The van der Waals surface area contributed by atoms with Gasteiger partial charge >= 0.3 is 0 Å². The molecule has 1 N–H and O–H groups in total. The number of aromatic hydroxyl groups is 1. The van der Waals surface area contributed by atoms with Crippen molar-refractivity contribution >= 4 is 5.78 Å². The zero-order valence-electron chi connectivity index (χ0n) is 8.04. The number of rotatable bonds is 4. The Bertz CT molecular complexity index is 425. The topological polar surface area (TPSA) is 95.3 Å². The van der Waals surface area contributed by atoms with Gasteiger partial charge < -0.3 is 9.84 Å². The molecule has 0 amide bonds. The quantitative estimate of drug-likeness (QED) is 0.353. The number of benzene rings is 1. The lowest BCUT2D eigenvalue weighted by atomic mass is 10.1. The third-order valence-corrected chi connectivity index (χ3v) is 1.78. The molecule has 0 aliphatic heterocycles. The number of methoxy groups -OCH3 is 1. The van der Waals surface area contributed by atoms with Gasteiger partial charge in [0.1, 0.15) is 11.5 Å². The number of ether oxygens (including phenoxy) is 1. The summed E-state index contributed by atoms with van der Waals surface area (Å²) in [6, 6.07) is 4.27. The van der Waals surface area contributed by atoms with Crippen LogP contribution in [0, 0.1) is 0 Å². The first kappa shape index (κ1) is 10.9. The minimum absolute atomic E-state index is 0.0850. The van der Waals surface area contributed by atoms with E-state index in [1.54, 1.807) is 0 Å². The maximum atomic E-state index is 11.4. The number of azide groups is 1. The standard InChI is InChI=1S/C9H9N3O3/c1-15-6-2-3-8(13)7(4-6)9(14)5-11-12-10/h2-4,13H,5H2,1H3. The Morgan fingerprint density at radius 1 is 1.67 bits per heavy atom. The Morgan fingerprint density at radius 3 is 3.00 bits per heavy atom. The highest BCUT2D eigenvalue weighted by Crippen LogP contribution is 2.23. The van der Waals surface area contributed by atoms with Gasteiger partial charge in [0, 0.05) is 4.91 Å². The van der Waals surface area contributed by atoms with Gasteiger partial charge in [0.15, 0.2) is 5.78 Å². The summed E-state index contributed by atoms with van der Waals surface area (Å²) >= 11 is 0. The summed E-state index contributed by atoms with van der Waals surface area (Å²) in [5, 5.41) is 12.5. The van der Waals surface area contributed by atoms with Crippen molar-refractivity contribution in [2.24, 2.45) is 5.11 Å². The molecule has 6 heteroatoms. The molecule has 0 unspecified atom stereocenters. The van der Waals surface area contributed by atoms with Crippen LogP contribution in [0.1, 0.15) is 10.4 Å². The van der Waals surface area contributed by atoms with Gasteiger partial charge in [0.25, 0.3) is 0 Å². The zero-order chi connectivity index (χ0) is 11.3. The first-order valence-electron chi connectivity index (χ1n) is 4.10. The van der Waals surface area contributed by atoms with E-state index in [9.17, 15) is 9.90 Å². The third-order valence-electron chi connectivity index (χ3n) is 1.78. The molecule has 0 aliphatic carbocycles. The zero-order valence-corrected chi connectivity index (χ0v) is 8.04. The van der Waals surface area contributed by atoms with Gasteiger partial charge in [-0.1, -0.05) is 5.11 Å². The molecule has 0 saturated heterocycles. The molecule has 0 aliphatic rings. The summed E-state index contributed by atoms with van der Waals surface area (Å²) < 4.78 is 4.90. The molecule has 0 aromatic heterocycles. The second kappa shape index (κ2) is 4.88. The normalized spacial score (nSPS) is 9.13. The number of nitrogens with zero attached hydrogens (tertiary/aromatic N) is 3. The molecule has 78 valence electrons.